The number of fused-ring (bicyclic) bond motifs is 2. The Morgan fingerprint density at radius 2 is 2.00 bits per heavy atom. The first kappa shape index (κ1) is 20.3. The molecule has 5 rings (SSSR count). The number of anilines is 1. The Labute approximate surface area is 189 Å². The standard InChI is InChI=1S/C23H22N6O2S/c1-27-9-8-16-10-19-21(11-18(16)27)32-14-17(23(31)28(19)2)25-22(30)20-12-24-26-29(20)13-15-6-4-3-5-7-15/h3-12,17H,13-14H2,1-2H3,(H,25,30)/t17-/m0/s1. The molecule has 3 heterocycles. The minimum atomic E-state index is -0.659. The van der Waals surface area contributed by atoms with Crippen LogP contribution in [0.4, 0.5) is 5.69 Å². The summed E-state index contributed by atoms with van der Waals surface area (Å²) in [5.74, 6) is -0.0747. The van der Waals surface area contributed by atoms with Crippen molar-refractivity contribution in [1.29, 1.82) is 0 Å². The topological polar surface area (TPSA) is 85.1 Å². The summed E-state index contributed by atoms with van der Waals surface area (Å²) < 4.78 is 3.60. The molecule has 0 bridgehead atoms. The predicted molar refractivity (Wildman–Crippen MR) is 124 cm³/mol. The van der Waals surface area contributed by atoms with E-state index in [9.17, 15) is 9.59 Å². The number of benzene rings is 2. The van der Waals surface area contributed by atoms with Gasteiger partial charge in [0.2, 0.25) is 5.91 Å². The molecule has 0 spiro atoms. The van der Waals surface area contributed by atoms with Crippen molar-refractivity contribution in [3.05, 3.63) is 72.2 Å². The molecule has 0 aliphatic carbocycles. The fourth-order valence-corrected chi connectivity index (χ4v) is 5.01. The van der Waals surface area contributed by atoms with Crippen molar-refractivity contribution < 1.29 is 9.59 Å². The summed E-state index contributed by atoms with van der Waals surface area (Å²) in [5.41, 5.74) is 3.29. The summed E-state index contributed by atoms with van der Waals surface area (Å²) in [4.78, 5) is 28.9. The van der Waals surface area contributed by atoms with Crippen LogP contribution >= 0.6 is 11.8 Å². The summed E-state index contributed by atoms with van der Waals surface area (Å²) in [5, 5.41) is 11.9. The van der Waals surface area contributed by atoms with Crippen molar-refractivity contribution in [2.45, 2.75) is 17.5 Å². The molecule has 1 aliphatic heterocycles. The number of carbonyl (C=O) groups excluding carboxylic acids is 2. The first-order chi connectivity index (χ1) is 15.5. The second kappa shape index (κ2) is 8.16. The molecule has 0 unspecified atom stereocenters. The Bertz CT molecular complexity index is 1310. The van der Waals surface area contributed by atoms with E-state index in [1.54, 1.807) is 28.4 Å². The van der Waals surface area contributed by atoms with E-state index in [0.717, 1.165) is 27.0 Å². The highest BCUT2D eigenvalue weighted by Gasteiger charge is 2.31. The Hall–Kier alpha value is -3.59. The first-order valence-electron chi connectivity index (χ1n) is 10.2. The number of rotatable bonds is 4. The molecule has 32 heavy (non-hydrogen) atoms. The number of amides is 2. The van der Waals surface area contributed by atoms with Gasteiger partial charge in [0, 0.05) is 41.8 Å². The van der Waals surface area contributed by atoms with Crippen LogP contribution in [0.15, 0.2) is 65.8 Å². The SMILES string of the molecule is CN1C(=O)[C@@H](NC(=O)c2cnnn2Cc2ccccc2)CSc2cc3c(ccn3C)cc21. The third-order valence-electron chi connectivity index (χ3n) is 5.69. The van der Waals surface area contributed by atoms with Crippen molar-refractivity contribution in [2.75, 3.05) is 17.7 Å². The molecule has 0 radical (unpaired) electrons. The Kier molecular flexibility index (Phi) is 5.18. The Balaban J connectivity index is 1.36. The van der Waals surface area contributed by atoms with Gasteiger partial charge in [-0.3, -0.25) is 9.59 Å². The summed E-state index contributed by atoms with van der Waals surface area (Å²) in [6.07, 6.45) is 3.43. The number of nitrogens with zero attached hydrogens (tertiary/aromatic N) is 5. The van der Waals surface area contributed by atoms with E-state index in [0.29, 0.717) is 18.0 Å². The largest absolute Gasteiger partial charge is 0.351 e. The van der Waals surface area contributed by atoms with Gasteiger partial charge in [-0.25, -0.2) is 4.68 Å². The summed E-state index contributed by atoms with van der Waals surface area (Å²) in [6.45, 7) is 0.425. The van der Waals surface area contributed by atoms with Gasteiger partial charge in [-0.1, -0.05) is 35.5 Å². The Morgan fingerprint density at radius 3 is 2.81 bits per heavy atom. The molecule has 162 valence electrons. The van der Waals surface area contributed by atoms with Crippen LogP contribution in [0.3, 0.4) is 0 Å². The lowest BCUT2D eigenvalue weighted by Crippen LogP contribution is -2.48. The highest BCUT2D eigenvalue weighted by Crippen LogP contribution is 2.37. The lowest BCUT2D eigenvalue weighted by molar-refractivity contribution is -0.119. The monoisotopic (exact) mass is 446 g/mol. The van der Waals surface area contributed by atoms with Crippen molar-refractivity contribution in [2.24, 2.45) is 7.05 Å². The van der Waals surface area contributed by atoms with E-state index in [2.05, 4.69) is 26.3 Å². The molecule has 4 aromatic rings. The Morgan fingerprint density at radius 1 is 1.19 bits per heavy atom. The van der Waals surface area contributed by atoms with Crippen molar-refractivity contribution in [1.82, 2.24) is 24.9 Å². The third kappa shape index (κ3) is 3.64. The minimum Gasteiger partial charge on any atom is -0.351 e. The van der Waals surface area contributed by atoms with E-state index in [1.165, 1.54) is 6.20 Å². The molecule has 1 N–H and O–H groups in total. The number of carbonyl (C=O) groups is 2. The van der Waals surface area contributed by atoms with Crippen molar-refractivity contribution in [3.8, 4) is 0 Å². The number of hydrogen-bond donors (Lipinski definition) is 1. The van der Waals surface area contributed by atoms with Crippen LogP contribution in [0.1, 0.15) is 16.1 Å². The van der Waals surface area contributed by atoms with Crippen LogP contribution in [0.5, 0.6) is 0 Å². The molecular formula is C23H22N6O2S. The molecule has 2 amide bonds. The van der Waals surface area contributed by atoms with E-state index < -0.39 is 6.04 Å². The fourth-order valence-electron chi connectivity index (χ4n) is 3.90. The zero-order valence-electron chi connectivity index (χ0n) is 17.7. The van der Waals surface area contributed by atoms with Gasteiger partial charge in [0.1, 0.15) is 11.7 Å². The van der Waals surface area contributed by atoms with Gasteiger partial charge < -0.3 is 14.8 Å². The maximum atomic E-state index is 13.2. The van der Waals surface area contributed by atoms with Gasteiger partial charge in [0.15, 0.2) is 0 Å². The quantitative estimate of drug-likeness (QED) is 0.521. The molecule has 8 nitrogen and oxygen atoms in total. The van der Waals surface area contributed by atoms with Gasteiger partial charge in [-0.15, -0.1) is 16.9 Å². The molecule has 1 aliphatic rings. The van der Waals surface area contributed by atoms with Crippen LogP contribution in [0.25, 0.3) is 10.9 Å². The number of aromatic nitrogens is 4. The van der Waals surface area contributed by atoms with Gasteiger partial charge in [-0.05, 0) is 23.8 Å². The van der Waals surface area contributed by atoms with Crippen LogP contribution in [-0.2, 0) is 18.4 Å². The average Bonchev–Trinajstić information content (AvgIpc) is 3.39. The van der Waals surface area contributed by atoms with Crippen molar-refractivity contribution >= 4 is 40.2 Å². The number of aryl methyl sites for hydroxylation is 1. The lowest BCUT2D eigenvalue weighted by Gasteiger charge is -2.21. The van der Waals surface area contributed by atoms with Crippen LogP contribution < -0.4 is 10.2 Å². The first-order valence-corrected chi connectivity index (χ1v) is 11.2. The zero-order chi connectivity index (χ0) is 22.2. The molecule has 0 saturated carbocycles. The molecular weight excluding hydrogens is 424 g/mol. The molecule has 9 heteroatoms. The number of thioether (sulfide) groups is 1. The minimum absolute atomic E-state index is 0.151. The summed E-state index contributed by atoms with van der Waals surface area (Å²) in [6, 6.07) is 15.2. The highest BCUT2D eigenvalue weighted by atomic mass is 32.2. The number of nitrogens with one attached hydrogen (secondary N) is 1. The van der Waals surface area contributed by atoms with Crippen molar-refractivity contribution in [3.63, 3.8) is 0 Å². The van der Waals surface area contributed by atoms with E-state index >= 15 is 0 Å². The maximum Gasteiger partial charge on any atom is 0.271 e. The van der Waals surface area contributed by atoms with E-state index in [4.69, 9.17) is 0 Å². The third-order valence-corrected chi connectivity index (χ3v) is 6.83. The number of hydrogen-bond acceptors (Lipinski definition) is 5. The second-order valence-corrected chi connectivity index (χ2v) is 8.86. The normalized spacial score (nSPS) is 16.1. The molecule has 1 atom stereocenters. The highest BCUT2D eigenvalue weighted by molar-refractivity contribution is 7.99. The fraction of sp³-hybridized carbons (Fsp3) is 0.217. The average molecular weight is 447 g/mol. The smallest absolute Gasteiger partial charge is 0.271 e. The second-order valence-electron chi connectivity index (χ2n) is 7.80. The lowest BCUT2D eigenvalue weighted by atomic mass is 10.2. The predicted octanol–water partition coefficient (Wildman–Crippen LogP) is 2.69. The summed E-state index contributed by atoms with van der Waals surface area (Å²) >= 11 is 1.57. The number of likely N-dealkylation sites (N-methyl/N-ethyl adjacent to an activating group) is 1. The van der Waals surface area contributed by atoms with Gasteiger partial charge in [0.05, 0.1) is 18.4 Å². The van der Waals surface area contributed by atoms with E-state index in [1.807, 2.05) is 55.7 Å². The molecule has 2 aromatic carbocycles. The maximum absolute atomic E-state index is 13.2. The summed E-state index contributed by atoms with van der Waals surface area (Å²) in [7, 11) is 3.75. The van der Waals surface area contributed by atoms with Gasteiger partial charge in [-0.2, -0.15) is 0 Å². The van der Waals surface area contributed by atoms with E-state index in [-0.39, 0.29) is 11.8 Å². The molecule has 0 fully saturated rings. The van der Waals surface area contributed by atoms with Crippen LogP contribution in [-0.4, -0.2) is 50.2 Å². The van der Waals surface area contributed by atoms with Gasteiger partial charge >= 0.3 is 0 Å². The van der Waals surface area contributed by atoms with Crippen LogP contribution in [0.2, 0.25) is 0 Å². The molecule has 0 saturated heterocycles. The zero-order valence-corrected chi connectivity index (χ0v) is 18.5. The molecule has 2 aromatic heterocycles. The van der Waals surface area contributed by atoms with Crippen LogP contribution in [0, 0.1) is 0 Å². The van der Waals surface area contributed by atoms with Gasteiger partial charge in [0.25, 0.3) is 5.91 Å².